The maximum atomic E-state index is 5.76. The molecule has 2 atom stereocenters. The van der Waals surface area contributed by atoms with E-state index < -0.39 is 0 Å². The quantitative estimate of drug-likeness (QED) is 0.897. The third-order valence-electron chi connectivity index (χ3n) is 3.34. The topological polar surface area (TPSA) is 50.9 Å². The first-order valence-electron chi connectivity index (χ1n) is 5.79. The van der Waals surface area contributed by atoms with Gasteiger partial charge in [-0.2, -0.15) is 0 Å². The molecule has 3 N–H and O–H groups in total. The van der Waals surface area contributed by atoms with Crippen LogP contribution in [0.25, 0.3) is 0 Å². The molecule has 0 aromatic carbocycles. The Morgan fingerprint density at radius 2 is 2.38 bits per heavy atom. The third kappa shape index (κ3) is 2.55. The molecule has 1 saturated carbocycles. The van der Waals surface area contributed by atoms with Gasteiger partial charge in [-0.15, -0.1) is 0 Å². The summed E-state index contributed by atoms with van der Waals surface area (Å²) in [6, 6.07) is 2.58. The maximum absolute atomic E-state index is 5.76. The lowest BCUT2D eigenvalue weighted by molar-refractivity contribution is 0.515. The van der Waals surface area contributed by atoms with Gasteiger partial charge in [-0.25, -0.2) is 4.98 Å². The summed E-state index contributed by atoms with van der Waals surface area (Å²) in [7, 11) is 0. The van der Waals surface area contributed by atoms with Crippen LogP contribution in [0.2, 0.25) is 0 Å². The minimum Gasteiger partial charge on any atom is -0.367 e. The molecule has 16 heavy (non-hydrogen) atoms. The Bertz CT molecular complexity index is 367. The van der Waals surface area contributed by atoms with E-state index in [4.69, 9.17) is 5.73 Å². The fraction of sp³-hybridized carbons (Fsp3) is 0.583. The van der Waals surface area contributed by atoms with Gasteiger partial charge in [0, 0.05) is 16.7 Å². The number of hydrogen-bond donors (Lipinski definition) is 2. The Labute approximate surface area is 105 Å². The van der Waals surface area contributed by atoms with Gasteiger partial charge < -0.3 is 11.1 Å². The summed E-state index contributed by atoms with van der Waals surface area (Å²) >= 11 is 3.46. The Balaban J connectivity index is 2.05. The smallest absolute Gasteiger partial charge is 0.126 e. The van der Waals surface area contributed by atoms with Crippen LogP contribution in [0.3, 0.4) is 0 Å². The number of halogens is 1. The molecular formula is C12H18BrN3. The van der Waals surface area contributed by atoms with E-state index in [2.05, 4.69) is 39.2 Å². The van der Waals surface area contributed by atoms with Crippen molar-refractivity contribution in [1.29, 1.82) is 0 Å². The van der Waals surface area contributed by atoms with Crippen LogP contribution in [0.1, 0.15) is 24.8 Å². The van der Waals surface area contributed by atoms with Gasteiger partial charge in [-0.05, 0) is 59.8 Å². The van der Waals surface area contributed by atoms with Gasteiger partial charge >= 0.3 is 0 Å². The molecule has 1 aliphatic rings. The number of aryl methyl sites for hydroxylation is 1. The van der Waals surface area contributed by atoms with E-state index in [1.54, 1.807) is 0 Å². The Hall–Kier alpha value is -0.610. The Morgan fingerprint density at radius 1 is 1.56 bits per heavy atom. The molecule has 0 spiro atoms. The van der Waals surface area contributed by atoms with E-state index >= 15 is 0 Å². The number of rotatable bonds is 3. The van der Waals surface area contributed by atoms with Crippen molar-refractivity contribution in [2.45, 2.75) is 32.2 Å². The number of anilines is 1. The van der Waals surface area contributed by atoms with Crippen LogP contribution in [0.15, 0.2) is 16.7 Å². The van der Waals surface area contributed by atoms with E-state index in [1.807, 2.05) is 6.20 Å². The number of aromatic nitrogens is 1. The molecule has 0 radical (unpaired) electrons. The van der Waals surface area contributed by atoms with Gasteiger partial charge in [-0.1, -0.05) is 6.42 Å². The molecule has 2 rings (SSSR count). The lowest BCUT2D eigenvalue weighted by Crippen LogP contribution is -2.29. The van der Waals surface area contributed by atoms with Gasteiger partial charge in [0.25, 0.3) is 0 Å². The summed E-state index contributed by atoms with van der Waals surface area (Å²) in [5, 5.41) is 3.50. The van der Waals surface area contributed by atoms with Gasteiger partial charge in [0.15, 0.2) is 0 Å². The highest BCUT2D eigenvalue weighted by Crippen LogP contribution is 2.28. The summed E-state index contributed by atoms with van der Waals surface area (Å²) < 4.78 is 1.06. The van der Waals surface area contributed by atoms with Crippen molar-refractivity contribution in [3.63, 3.8) is 0 Å². The van der Waals surface area contributed by atoms with Crippen LogP contribution in [0.5, 0.6) is 0 Å². The van der Waals surface area contributed by atoms with E-state index in [0.717, 1.165) is 16.8 Å². The summed E-state index contributed by atoms with van der Waals surface area (Å²) in [5.74, 6) is 1.57. The summed E-state index contributed by atoms with van der Waals surface area (Å²) in [6.45, 7) is 2.85. The monoisotopic (exact) mass is 283 g/mol. The first kappa shape index (κ1) is 11.9. The van der Waals surface area contributed by atoms with E-state index in [9.17, 15) is 0 Å². The number of nitrogens with one attached hydrogen (secondary N) is 1. The predicted molar refractivity (Wildman–Crippen MR) is 70.5 cm³/mol. The van der Waals surface area contributed by atoms with Crippen LogP contribution in [0.4, 0.5) is 5.82 Å². The number of pyridine rings is 1. The lowest BCUT2D eigenvalue weighted by Gasteiger charge is -2.20. The van der Waals surface area contributed by atoms with Crippen molar-refractivity contribution in [3.05, 3.63) is 22.3 Å². The Morgan fingerprint density at radius 3 is 3.06 bits per heavy atom. The normalized spacial score (nSPS) is 24.7. The summed E-state index contributed by atoms with van der Waals surface area (Å²) in [5.41, 5.74) is 6.97. The molecule has 88 valence electrons. The zero-order chi connectivity index (χ0) is 11.5. The summed E-state index contributed by atoms with van der Waals surface area (Å²) in [6.07, 6.45) is 5.57. The minimum absolute atomic E-state index is 0.498. The van der Waals surface area contributed by atoms with Gasteiger partial charge in [-0.3, -0.25) is 0 Å². The maximum Gasteiger partial charge on any atom is 0.126 e. The molecular weight excluding hydrogens is 266 g/mol. The molecule has 3 nitrogen and oxygen atoms in total. The van der Waals surface area contributed by atoms with Crippen molar-refractivity contribution >= 4 is 21.7 Å². The van der Waals surface area contributed by atoms with Crippen molar-refractivity contribution in [2.24, 2.45) is 11.7 Å². The average molecular weight is 284 g/mol. The van der Waals surface area contributed by atoms with Crippen LogP contribution < -0.4 is 11.1 Å². The van der Waals surface area contributed by atoms with Crippen LogP contribution in [0, 0.1) is 12.8 Å². The van der Waals surface area contributed by atoms with E-state index in [1.165, 1.54) is 24.8 Å². The number of nitrogens with two attached hydrogens (primary N) is 1. The van der Waals surface area contributed by atoms with E-state index in [-0.39, 0.29) is 0 Å². The molecule has 1 aromatic rings. The molecule has 1 fully saturated rings. The molecule has 0 amide bonds. The van der Waals surface area contributed by atoms with E-state index in [0.29, 0.717) is 12.0 Å². The Kier molecular flexibility index (Phi) is 3.82. The van der Waals surface area contributed by atoms with Crippen molar-refractivity contribution < 1.29 is 0 Å². The van der Waals surface area contributed by atoms with Gasteiger partial charge in [0.05, 0.1) is 0 Å². The molecule has 4 heteroatoms. The highest BCUT2D eigenvalue weighted by atomic mass is 79.9. The van der Waals surface area contributed by atoms with Crippen molar-refractivity contribution in [1.82, 2.24) is 4.98 Å². The fourth-order valence-corrected chi connectivity index (χ4v) is 2.53. The van der Waals surface area contributed by atoms with Gasteiger partial charge in [0.1, 0.15) is 5.82 Å². The minimum atomic E-state index is 0.498. The first-order valence-corrected chi connectivity index (χ1v) is 6.58. The standard InChI is InChI=1S/C12H18BrN3/c1-8-5-12(15-7-10(8)13)16-11-4-2-3-9(11)6-14/h5,7,9,11H,2-4,6,14H2,1H3,(H,15,16). The zero-order valence-electron chi connectivity index (χ0n) is 9.54. The van der Waals surface area contributed by atoms with Crippen LogP contribution >= 0.6 is 15.9 Å². The summed E-state index contributed by atoms with van der Waals surface area (Å²) in [4.78, 5) is 4.37. The van der Waals surface area contributed by atoms with Crippen LogP contribution in [-0.2, 0) is 0 Å². The predicted octanol–water partition coefficient (Wildman–Crippen LogP) is 2.69. The number of nitrogens with zero attached hydrogens (tertiary/aromatic N) is 1. The highest BCUT2D eigenvalue weighted by Gasteiger charge is 2.25. The lowest BCUT2D eigenvalue weighted by atomic mass is 10.0. The molecule has 1 aromatic heterocycles. The second kappa shape index (κ2) is 5.15. The second-order valence-electron chi connectivity index (χ2n) is 4.50. The SMILES string of the molecule is Cc1cc(NC2CCCC2CN)ncc1Br. The average Bonchev–Trinajstić information content (AvgIpc) is 2.71. The molecule has 2 unspecified atom stereocenters. The molecule has 0 aliphatic heterocycles. The van der Waals surface area contributed by atoms with Crippen LogP contribution in [-0.4, -0.2) is 17.6 Å². The van der Waals surface area contributed by atoms with Crippen molar-refractivity contribution in [2.75, 3.05) is 11.9 Å². The third-order valence-corrected chi connectivity index (χ3v) is 4.17. The van der Waals surface area contributed by atoms with Gasteiger partial charge in [0.2, 0.25) is 0 Å². The number of hydrogen-bond acceptors (Lipinski definition) is 3. The molecule has 1 heterocycles. The van der Waals surface area contributed by atoms with Crippen molar-refractivity contribution in [3.8, 4) is 0 Å². The first-order chi connectivity index (χ1) is 7.70. The molecule has 0 saturated heterocycles. The zero-order valence-corrected chi connectivity index (χ0v) is 11.1. The second-order valence-corrected chi connectivity index (χ2v) is 5.35. The fourth-order valence-electron chi connectivity index (χ4n) is 2.32. The molecule has 1 aliphatic carbocycles. The largest absolute Gasteiger partial charge is 0.367 e. The highest BCUT2D eigenvalue weighted by molar-refractivity contribution is 9.10. The molecule has 0 bridgehead atoms.